The highest BCUT2D eigenvalue weighted by Gasteiger charge is 2.14. The highest BCUT2D eigenvalue weighted by molar-refractivity contribution is 9.10. The Morgan fingerprint density at radius 3 is 2.73 bits per heavy atom. The Hall–Kier alpha value is -2.11. The van der Waals surface area contributed by atoms with E-state index in [0.717, 1.165) is 10.0 Å². The molecule has 3 aromatic rings. The maximum absolute atomic E-state index is 12.2. The number of carbonyl (C=O) groups excluding carboxylic acids is 1. The van der Waals surface area contributed by atoms with Crippen LogP contribution in [0.3, 0.4) is 0 Å². The first-order chi connectivity index (χ1) is 10.6. The zero-order valence-corrected chi connectivity index (χ0v) is 13.6. The molecule has 0 saturated carbocycles. The average molecular weight is 378 g/mol. The largest absolute Gasteiger partial charge is 0.350 e. The monoisotopic (exact) mass is 376 g/mol. The van der Waals surface area contributed by atoms with Gasteiger partial charge in [0.2, 0.25) is 5.76 Å². The van der Waals surface area contributed by atoms with Gasteiger partial charge in [-0.2, -0.15) is 0 Å². The summed E-state index contributed by atoms with van der Waals surface area (Å²) in [6.45, 7) is 0. The lowest BCUT2D eigenvalue weighted by Gasteiger charge is -2.02. The number of aromatic nitrogens is 1. The molecule has 0 aliphatic carbocycles. The fraction of sp³-hybridized carbons (Fsp3) is 0. The third-order valence-electron chi connectivity index (χ3n) is 2.94. The molecule has 0 fully saturated rings. The van der Waals surface area contributed by atoms with Gasteiger partial charge in [0.25, 0.3) is 5.91 Å². The molecule has 0 atom stereocenters. The summed E-state index contributed by atoms with van der Waals surface area (Å²) in [5, 5.41) is 7.25. The third-order valence-corrected chi connectivity index (χ3v) is 3.67. The topological polar surface area (TPSA) is 55.1 Å². The minimum atomic E-state index is -0.362. The van der Waals surface area contributed by atoms with Crippen LogP contribution in [0.4, 0.5) is 5.69 Å². The van der Waals surface area contributed by atoms with E-state index in [2.05, 4.69) is 26.4 Å². The van der Waals surface area contributed by atoms with Crippen LogP contribution >= 0.6 is 27.5 Å². The molecular formula is C16H10BrClN2O2. The molecule has 0 aliphatic rings. The van der Waals surface area contributed by atoms with Crippen LogP contribution in [0, 0.1) is 0 Å². The van der Waals surface area contributed by atoms with Crippen molar-refractivity contribution in [3.63, 3.8) is 0 Å². The van der Waals surface area contributed by atoms with Crippen molar-refractivity contribution in [3.05, 3.63) is 69.9 Å². The van der Waals surface area contributed by atoms with Crippen LogP contribution in [0.2, 0.25) is 5.02 Å². The molecule has 3 rings (SSSR count). The molecule has 1 aromatic heterocycles. The number of hydrogen-bond acceptors (Lipinski definition) is 3. The van der Waals surface area contributed by atoms with Crippen LogP contribution in [0.25, 0.3) is 11.3 Å². The van der Waals surface area contributed by atoms with Gasteiger partial charge in [-0.15, -0.1) is 0 Å². The van der Waals surface area contributed by atoms with E-state index >= 15 is 0 Å². The van der Waals surface area contributed by atoms with Gasteiger partial charge in [0.15, 0.2) is 0 Å². The predicted molar refractivity (Wildman–Crippen MR) is 89.0 cm³/mol. The highest BCUT2D eigenvalue weighted by Crippen LogP contribution is 2.23. The molecule has 4 nitrogen and oxygen atoms in total. The fourth-order valence-electron chi connectivity index (χ4n) is 1.93. The summed E-state index contributed by atoms with van der Waals surface area (Å²) in [4.78, 5) is 12.2. The molecule has 0 spiro atoms. The Balaban J connectivity index is 1.80. The van der Waals surface area contributed by atoms with E-state index in [0.29, 0.717) is 16.4 Å². The molecule has 0 unspecified atom stereocenters. The van der Waals surface area contributed by atoms with Crippen LogP contribution in [-0.2, 0) is 0 Å². The van der Waals surface area contributed by atoms with Gasteiger partial charge in [-0.05, 0) is 30.3 Å². The van der Waals surface area contributed by atoms with Crippen molar-refractivity contribution < 1.29 is 9.32 Å². The molecule has 1 N–H and O–H groups in total. The lowest BCUT2D eigenvalue weighted by atomic mass is 10.1. The van der Waals surface area contributed by atoms with Crippen LogP contribution < -0.4 is 5.32 Å². The first kappa shape index (κ1) is 14.8. The standard InChI is InChI=1S/C16H10BrClN2O2/c17-11-4-2-6-13(8-11)19-16(21)15-9-14(20-22-15)10-3-1-5-12(18)7-10/h1-9H,(H,19,21). The van der Waals surface area contributed by atoms with E-state index in [1.165, 1.54) is 0 Å². The van der Waals surface area contributed by atoms with Crippen LogP contribution in [0.15, 0.2) is 63.6 Å². The molecule has 1 heterocycles. The zero-order chi connectivity index (χ0) is 15.5. The van der Waals surface area contributed by atoms with Crippen LogP contribution in [-0.4, -0.2) is 11.1 Å². The Kier molecular flexibility index (Phi) is 4.27. The second-order valence-corrected chi connectivity index (χ2v) is 5.90. The van der Waals surface area contributed by atoms with Crippen molar-refractivity contribution in [1.82, 2.24) is 5.16 Å². The maximum Gasteiger partial charge on any atom is 0.294 e. The Morgan fingerprint density at radius 2 is 1.95 bits per heavy atom. The number of nitrogens with zero attached hydrogens (tertiary/aromatic N) is 1. The van der Waals surface area contributed by atoms with E-state index < -0.39 is 0 Å². The first-order valence-electron chi connectivity index (χ1n) is 6.41. The summed E-state index contributed by atoms with van der Waals surface area (Å²) >= 11 is 9.29. The second kappa shape index (κ2) is 6.34. The third kappa shape index (κ3) is 3.37. The summed E-state index contributed by atoms with van der Waals surface area (Å²) in [5.74, 6) is -0.228. The predicted octanol–water partition coefficient (Wildman–Crippen LogP) is 5.01. The summed E-state index contributed by atoms with van der Waals surface area (Å²) in [6.07, 6.45) is 0. The summed E-state index contributed by atoms with van der Waals surface area (Å²) in [6, 6.07) is 16.1. The number of rotatable bonds is 3. The maximum atomic E-state index is 12.2. The Morgan fingerprint density at radius 1 is 1.14 bits per heavy atom. The van der Waals surface area contributed by atoms with Crippen molar-refractivity contribution >= 4 is 39.1 Å². The van der Waals surface area contributed by atoms with Gasteiger partial charge in [0.05, 0.1) is 0 Å². The van der Waals surface area contributed by atoms with Crippen molar-refractivity contribution in [2.45, 2.75) is 0 Å². The van der Waals surface area contributed by atoms with Gasteiger partial charge in [-0.1, -0.05) is 50.9 Å². The minimum absolute atomic E-state index is 0.134. The molecular weight excluding hydrogens is 368 g/mol. The molecule has 0 saturated heterocycles. The van der Waals surface area contributed by atoms with Crippen LogP contribution in [0.5, 0.6) is 0 Å². The van der Waals surface area contributed by atoms with Crippen molar-refractivity contribution in [2.24, 2.45) is 0 Å². The van der Waals surface area contributed by atoms with E-state index in [-0.39, 0.29) is 11.7 Å². The molecule has 2 aromatic carbocycles. The Bertz CT molecular complexity index is 832. The first-order valence-corrected chi connectivity index (χ1v) is 7.58. The number of hydrogen-bond donors (Lipinski definition) is 1. The number of benzene rings is 2. The fourth-order valence-corrected chi connectivity index (χ4v) is 2.51. The van der Waals surface area contributed by atoms with Gasteiger partial charge in [0, 0.05) is 26.8 Å². The van der Waals surface area contributed by atoms with Crippen molar-refractivity contribution in [1.29, 1.82) is 0 Å². The van der Waals surface area contributed by atoms with Crippen molar-refractivity contribution in [3.8, 4) is 11.3 Å². The number of nitrogens with one attached hydrogen (secondary N) is 1. The van der Waals surface area contributed by atoms with E-state index in [1.54, 1.807) is 30.3 Å². The van der Waals surface area contributed by atoms with Gasteiger partial charge in [0.1, 0.15) is 5.69 Å². The zero-order valence-electron chi connectivity index (χ0n) is 11.2. The van der Waals surface area contributed by atoms with E-state index in [9.17, 15) is 4.79 Å². The molecule has 0 aliphatic heterocycles. The van der Waals surface area contributed by atoms with E-state index in [4.69, 9.17) is 16.1 Å². The number of anilines is 1. The molecule has 0 radical (unpaired) electrons. The molecule has 22 heavy (non-hydrogen) atoms. The lowest BCUT2D eigenvalue weighted by Crippen LogP contribution is -2.10. The lowest BCUT2D eigenvalue weighted by molar-refractivity contribution is 0.0988. The number of halogens is 2. The number of carbonyl (C=O) groups is 1. The van der Waals surface area contributed by atoms with Gasteiger partial charge < -0.3 is 9.84 Å². The smallest absolute Gasteiger partial charge is 0.294 e. The summed E-state index contributed by atoms with van der Waals surface area (Å²) < 4.78 is 5.98. The van der Waals surface area contributed by atoms with Crippen molar-refractivity contribution in [2.75, 3.05) is 5.32 Å². The van der Waals surface area contributed by atoms with Gasteiger partial charge >= 0.3 is 0 Å². The Labute approximate surface area is 140 Å². The summed E-state index contributed by atoms with van der Waals surface area (Å²) in [7, 11) is 0. The van der Waals surface area contributed by atoms with E-state index in [1.807, 2.05) is 24.3 Å². The SMILES string of the molecule is O=C(Nc1cccc(Br)c1)c1cc(-c2cccc(Cl)c2)no1. The normalized spacial score (nSPS) is 10.5. The highest BCUT2D eigenvalue weighted by atomic mass is 79.9. The molecule has 0 bridgehead atoms. The quantitative estimate of drug-likeness (QED) is 0.698. The average Bonchev–Trinajstić information content (AvgIpc) is 2.97. The van der Waals surface area contributed by atoms with Gasteiger partial charge in [-0.25, -0.2) is 0 Å². The number of amides is 1. The van der Waals surface area contributed by atoms with Gasteiger partial charge in [-0.3, -0.25) is 4.79 Å². The minimum Gasteiger partial charge on any atom is -0.350 e. The molecule has 6 heteroatoms. The molecule has 110 valence electrons. The second-order valence-electron chi connectivity index (χ2n) is 4.55. The molecule has 1 amide bonds. The summed E-state index contributed by atoms with van der Waals surface area (Å²) in [5.41, 5.74) is 2.01. The van der Waals surface area contributed by atoms with Crippen LogP contribution in [0.1, 0.15) is 10.6 Å².